The molecule has 1 aromatic rings. The number of carbonyl (C=O) groups is 1. The van der Waals surface area contributed by atoms with Crippen molar-refractivity contribution < 1.29 is 9.90 Å². The molecule has 2 aliphatic carbocycles. The Morgan fingerprint density at radius 1 is 1.25 bits per heavy atom. The maximum atomic E-state index is 12.4. The van der Waals surface area contributed by atoms with E-state index in [4.69, 9.17) is 0 Å². The largest absolute Gasteiger partial charge is 0.396 e. The maximum absolute atomic E-state index is 12.4. The average molecular weight is 273 g/mol. The number of aliphatic hydroxyl groups excluding tert-OH is 1. The monoisotopic (exact) mass is 273 g/mol. The number of amides is 1. The summed E-state index contributed by atoms with van der Waals surface area (Å²) in [6.45, 7) is 4.27. The summed E-state index contributed by atoms with van der Waals surface area (Å²) in [6.07, 6.45) is 3.58. The number of carbonyl (C=O) groups excluding carboxylic acids is 1. The molecule has 4 atom stereocenters. The fourth-order valence-electron chi connectivity index (χ4n) is 4.02. The maximum Gasteiger partial charge on any atom is 0.251 e. The molecule has 2 N–H and O–H groups in total. The fourth-order valence-corrected chi connectivity index (χ4v) is 4.02. The Bertz CT molecular complexity index is 526. The number of nitrogens with one attached hydrogen (secondary N) is 1. The van der Waals surface area contributed by atoms with E-state index in [0.717, 1.165) is 11.1 Å². The van der Waals surface area contributed by atoms with Crippen molar-refractivity contribution in [2.45, 2.75) is 39.2 Å². The zero-order valence-electron chi connectivity index (χ0n) is 12.2. The van der Waals surface area contributed by atoms with Gasteiger partial charge >= 0.3 is 0 Å². The molecule has 0 aliphatic heterocycles. The Kier molecular flexibility index (Phi) is 3.55. The van der Waals surface area contributed by atoms with Gasteiger partial charge in [0, 0.05) is 24.1 Å². The van der Waals surface area contributed by atoms with E-state index in [0.29, 0.717) is 11.8 Å². The molecule has 3 rings (SSSR count). The number of fused-ring (bicyclic) bond motifs is 2. The van der Waals surface area contributed by atoms with Crippen molar-refractivity contribution in [2.75, 3.05) is 6.61 Å². The molecule has 0 heterocycles. The van der Waals surface area contributed by atoms with Crippen LogP contribution in [0, 0.1) is 31.6 Å². The minimum atomic E-state index is 0.00380. The molecule has 0 aromatic heterocycles. The first-order chi connectivity index (χ1) is 9.60. The fraction of sp³-hybridized carbons (Fsp3) is 0.588. The van der Waals surface area contributed by atoms with E-state index < -0.39 is 0 Å². The topological polar surface area (TPSA) is 49.3 Å². The van der Waals surface area contributed by atoms with Gasteiger partial charge in [-0.2, -0.15) is 0 Å². The van der Waals surface area contributed by atoms with E-state index in [1.807, 2.05) is 25.1 Å². The van der Waals surface area contributed by atoms with Crippen molar-refractivity contribution in [3.05, 3.63) is 34.9 Å². The van der Waals surface area contributed by atoms with Gasteiger partial charge in [0.2, 0.25) is 0 Å². The predicted molar refractivity (Wildman–Crippen MR) is 78.6 cm³/mol. The summed E-state index contributed by atoms with van der Waals surface area (Å²) >= 11 is 0. The molecule has 2 aliphatic rings. The summed E-state index contributed by atoms with van der Waals surface area (Å²) in [5, 5.41) is 12.7. The second-order valence-corrected chi connectivity index (χ2v) is 6.48. The van der Waals surface area contributed by atoms with E-state index in [-0.39, 0.29) is 24.5 Å². The van der Waals surface area contributed by atoms with Gasteiger partial charge in [-0.15, -0.1) is 0 Å². The van der Waals surface area contributed by atoms with E-state index >= 15 is 0 Å². The molecule has 0 spiro atoms. The molecule has 1 amide bonds. The lowest BCUT2D eigenvalue weighted by atomic mass is 9.85. The highest BCUT2D eigenvalue weighted by molar-refractivity contribution is 5.94. The summed E-state index contributed by atoms with van der Waals surface area (Å²) in [6, 6.07) is 5.99. The van der Waals surface area contributed by atoms with Crippen LogP contribution < -0.4 is 5.32 Å². The molecular formula is C17H23NO2. The molecule has 2 saturated carbocycles. The Morgan fingerprint density at radius 3 is 2.70 bits per heavy atom. The molecule has 20 heavy (non-hydrogen) atoms. The van der Waals surface area contributed by atoms with Gasteiger partial charge in [-0.05, 0) is 68.2 Å². The molecule has 1 aromatic carbocycles. The van der Waals surface area contributed by atoms with Crippen LogP contribution in [0.1, 0.15) is 40.7 Å². The highest BCUT2D eigenvalue weighted by atomic mass is 16.3. The Balaban J connectivity index is 1.74. The third-order valence-electron chi connectivity index (χ3n) is 5.37. The van der Waals surface area contributed by atoms with Gasteiger partial charge < -0.3 is 10.4 Å². The van der Waals surface area contributed by atoms with Crippen molar-refractivity contribution in [3.8, 4) is 0 Å². The molecule has 108 valence electrons. The number of aryl methyl sites for hydroxylation is 2. The Morgan fingerprint density at radius 2 is 2.00 bits per heavy atom. The molecule has 2 fully saturated rings. The molecular weight excluding hydrogens is 250 g/mol. The molecule has 0 saturated heterocycles. The average Bonchev–Trinajstić information content (AvgIpc) is 3.02. The predicted octanol–water partition coefficient (Wildman–Crippen LogP) is 2.44. The van der Waals surface area contributed by atoms with Crippen molar-refractivity contribution in [2.24, 2.45) is 17.8 Å². The smallest absolute Gasteiger partial charge is 0.251 e. The molecule has 3 heteroatoms. The highest BCUT2D eigenvalue weighted by Crippen LogP contribution is 2.48. The molecule has 2 bridgehead atoms. The van der Waals surface area contributed by atoms with Crippen LogP contribution in [0.2, 0.25) is 0 Å². The minimum absolute atomic E-state index is 0.00380. The van der Waals surface area contributed by atoms with Gasteiger partial charge in [0.05, 0.1) is 0 Å². The normalized spacial score (nSPS) is 31.6. The third kappa shape index (κ3) is 2.24. The SMILES string of the molecule is Cc1ccc(C(=O)NC2C3CCC(C3)C2CO)cc1C. The number of aliphatic hydroxyl groups is 1. The quantitative estimate of drug-likeness (QED) is 0.888. The Labute approximate surface area is 120 Å². The first kappa shape index (κ1) is 13.6. The summed E-state index contributed by atoms with van der Waals surface area (Å²) in [4.78, 5) is 12.4. The van der Waals surface area contributed by atoms with Crippen LogP contribution in [0.25, 0.3) is 0 Å². The third-order valence-corrected chi connectivity index (χ3v) is 5.37. The highest BCUT2D eigenvalue weighted by Gasteiger charge is 2.47. The van der Waals surface area contributed by atoms with Crippen LogP contribution in [0.4, 0.5) is 0 Å². The zero-order chi connectivity index (χ0) is 14.3. The van der Waals surface area contributed by atoms with Crippen molar-refractivity contribution in [1.82, 2.24) is 5.32 Å². The molecule has 0 radical (unpaired) electrons. The van der Waals surface area contributed by atoms with Crippen molar-refractivity contribution in [3.63, 3.8) is 0 Å². The van der Waals surface area contributed by atoms with Gasteiger partial charge in [0.15, 0.2) is 0 Å². The first-order valence-corrected chi connectivity index (χ1v) is 7.59. The van der Waals surface area contributed by atoms with Crippen LogP contribution in [0.15, 0.2) is 18.2 Å². The van der Waals surface area contributed by atoms with Crippen LogP contribution in [-0.2, 0) is 0 Å². The van der Waals surface area contributed by atoms with Crippen LogP contribution in [0.3, 0.4) is 0 Å². The van der Waals surface area contributed by atoms with Crippen LogP contribution >= 0.6 is 0 Å². The van der Waals surface area contributed by atoms with Gasteiger partial charge in [-0.3, -0.25) is 4.79 Å². The second kappa shape index (κ2) is 5.21. The minimum Gasteiger partial charge on any atom is -0.396 e. The van der Waals surface area contributed by atoms with Crippen LogP contribution in [0.5, 0.6) is 0 Å². The van der Waals surface area contributed by atoms with Gasteiger partial charge in [0.1, 0.15) is 0 Å². The van der Waals surface area contributed by atoms with E-state index in [1.54, 1.807) is 0 Å². The number of benzene rings is 1. The lowest BCUT2D eigenvalue weighted by Crippen LogP contribution is -2.45. The van der Waals surface area contributed by atoms with E-state index in [9.17, 15) is 9.90 Å². The van der Waals surface area contributed by atoms with Crippen LogP contribution in [-0.4, -0.2) is 23.7 Å². The second-order valence-electron chi connectivity index (χ2n) is 6.48. The Hall–Kier alpha value is -1.35. The summed E-state index contributed by atoms with van der Waals surface area (Å²) in [5.74, 6) is 1.43. The number of hydrogen-bond acceptors (Lipinski definition) is 2. The van der Waals surface area contributed by atoms with Crippen molar-refractivity contribution >= 4 is 5.91 Å². The number of rotatable bonds is 3. The standard InChI is InChI=1S/C17H23NO2/c1-10-3-4-14(7-11(10)2)17(20)18-16-13-6-5-12(8-13)15(16)9-19/h3-4,7,12-13,15-16,19H,5-6,8-9H2,1-2H3,(H,18,20). The van der Waals surface area contributed by atoms with E-state index in [2.05, 4.69) is 12.2 Å². The molecule has 3 nitrogen and oxygen atoms in total. The van der Waals surface area contributed by atoms with E-state index in [1.165, 1.54) is 24.8 Å². The van der Waals surface area contributed by atoms with Gasteiger partial charge in [-0.1, -0.05) is 6.07 Å². The van der Waals surface area contributed by atoms with Crippen molar-refractivity contribution in [1.29, 1.82) is 0 Å². The lowest BCUT2D eigenvalue weighted by Gasteiger charge is -2.30. The summed E-state index contributed by atoms with van der Waals surface area (Å²) in [7, 11) is 0. The lowest BCUT2D eigenvalue weighted by molar-refractivity contribution is 0.0861. The number of hydrogen-bond donors (Lipinski definition) is 2. The zero-order valence-corrected chi connectivity index (χ0v) is 12.2. The summed E-state index contributed by atoms with van der Waals surface area (Å²) in [5.41, 5.74) is 3.08. The molecule has 4 unspecified atom stereocenters. The van der Waals surface area contributed by atoms with Gasteiger partial charge in [0.25, 0.3) is 5.91 Å². The first-order valence-electron chi connectivity index (χ1n) is 7.59. The van der Waals surface area contributed by atoms with Gasteiger partial charge in [-0.25, -0.2) is 0 Å². The summed E-state index contributed by atoms with van der Waals surface area (Å²) < 4.78 is 0.